The lowest BCUT2D eigenvalue weighted by molar-refractivity contribution is 0.0957. The Labute approximate surface area is 121 Å². The van der Waals surface area contributed by atoms with Crippen LogP contribution < -0.4 is 5.73 Å². The average Bonchev–Trinajstić information content (AvgIpc) is 2.42. The van der Waals surface area contributed by atoms with Crippen molar-refractivity contribution >= 4 is 17.6 Å². The second kappa shape index (κ2) is 5.38. The highest BCUT2D eigenvalue weighted by molar-refractivity contribution is 7.98. The summed E-state index contributed by atoms with van der Waals surface area (Å²) in [7, 11) is 0. The van der Waals surface area contributed by atoms with Gasteiger partial charge in [0, 0.05) is 5.56 Å². The highest BCUT2D eigenvalue weighted by Crippen LogP contribution is 2.32. The van der Waals surface area contributed by atoms with Crippen molar-refractivity contribution in [1.82, 2.24) is 9.97 Å². The van der Waals surface area contributed by atoms with Crippen molar-refractivity contribution in [2.75, 3.05) is 12.0 Å². The van der Waals surface area contributed by atoms with Gasteiger partial charge in [0.25, 0.3) is 0 Å². The van der Waals surface area contributed by atoms with Crippen LogP contribution in [0.3, 0.4) is 0 Å². The number of hydrogen-bond acceptors (Lipinski definition) is 5. The average molecular weight is 293 g/mol. The summed E-state index contributed by atoms with van der Waals surface area (Å²) in [6, 6.07) is 5.68. The van der Waals surface area contributed by atoms with Gasteiger partial charge in [-0.2, -0.15) is 0 Å². The van der Waals surface area contributed by atoms with Crippen LogP contribution in [0.2, 0.25) is 0 Å². The number of nitrogen functional groups attached to an aromatic ring is 1. The molecule has 0 aliphatic heterocycles. The molecule has 2 aromatic rings. The van der Waals surface area contributed by atoms with Gasteiger partial charge in [-0.1, -0.05) is 23.9 Å². The zero-order valence-electron chi connectivity index (χ0n) is 11.5. The molecule has 0 fully saturated rings. The third-order valence-electron chi connectivity index (χ3n) is 3.21. The van der Waals surface area contributed by atoms with Gasteiger partial charge in [0.15, 0.2) is 5.16 Å². The lowest BCUT2D eigenvalue weighted by Crippen LogP contribution is -2.26. The molecule has 1 aromatic carbocycles. The number of thioether (sulfide) groups is 1. The topological polar surface area (TPSA) is 72.0 Å². The standard InChI is InChI=1S/C14H16FN3OS/c1-8-11(17-13(20-3)18-12(8)16)14(2,19)9-4-6-10(15)7-5-9/h4-7,19H,1-3H3,(H2,16,17,18). The summed E-state index contributed by atoms with van der Waals surface area (Å²) < 4.78 is 13.0. The van der Waals surface area contributed by atoms with Crippen molar-refractivity contribution in [3.63, 3.8) is 0 Å². The second-order valence-corrected chi connectivity index (χ2v) is 5.42. The molecule has 20 heavy (non-hydrogen) atoms. The van der Waals surface area contributed by atoms with Gasteiger partial charge in [-0.3, -0.25) is 0 Å². The first-order valence-corrected chi connectivity index (χ1v) is 7.25. The lowest BCUT2D eigenvalue weighted by Gasteiger charge is -2.25. The zero-order chi connectivity index (χ0) is 14.9. The van der Waals surface area contributed by atoms with Gasteiger partial charge in [-0.15, -0.1) is 0 Å². The van der Waals surface area contributed by atoms with Crippen molar-refractivity contribution in [1.29, 1.82) is 0 Å². The third kappa shape index (κ3) is 2.62. The number of nitrogens with zero attached hydrogens (tertiary/aromatic N) is 2. The first-order valence-electron chi connectivity index (χ1n) is 6.03. The smallest absolute Gasteiger partial charge is 0.189 e. The largest absolute Gasteiger partial charge is 0.383 e. The minimum atomic E-state index is -1.36. The number of nitrogens with two attached hydrogens (primary N) is 1. The van der Waals surface area contributed by atoms with Crippen LogP contribution in [0.25, 0.3) is 0 Å². The molecule has 0 amide bonds. The van der Waals surface area contributed by atoms with E-state index in [1.165, 1.54) is 36.0 Å². The van der Waals surface area contributed by atoms with Gasteiger partial charge in [0.2, 0.25) is 0 Å². The van der Waals surface area contributed by atoms with E-state index in [0.717, 1.165) is 0 Å². The fourth-order valence-electron chi connectivity index (χ4n) is 1.99. The maximum absolute atomic E-state index is 13.0. The molecule has 106 valence electrons. The number of benzene rings is 1. The van der Waals surface area contributed by atoms with Crippen LogP contribution in [0.15, 0.2) is 29.4 Å². The van der Waals surface area contributed by atoms with Crippen molar-refractivity contribution in [2.24, 2.45) is 0 Å². The minimum absolute atomic E-state index is 0.335. The Morgan fingerprint density at radius 1 is 1.25 bits per heavy atom. The molecule has 6 heteroatoms. The zero-order valence-corrected chi connectivity index (χ0v) is 12.3. The second-order valence-electron chi connectivity index (χ2n) is 4.65. The fourth-order valence-corrected chi connectivity index (χ4v) is 2.36. The molecular formula is C14H16FN3OS. The Morgan fingerprint density at radius 2 is 1.85 bits per heavy atom. The summed E-state index contributed by atoms with van der Waals surface area (Å²) >= 11 is 1.35. The van der Waals surface area contributed by atoms with Crippen LogP contribution >= 0.6 is 11.8 Å². The predicted octanol–water partition coefficient (Wildman–Crippen LogP) is 2.48. The van der Waals surface area contributed by atoms with E-state index in [0.29, 0.717) is 27.8 Å². The third-order valence-corrected chi connectivity index (χ3v) is 3.76. The molecule has 4 nitrogen and oxygen atoms in total. The number of hydrogen-bond donors (Lipinski definition) is 2. The van der Waals surface area contributed by atoms with Gasteiger partial charge in [-0.25, -0.2) is 14.4 Å². The molecule has 0 radical (unpaired) electrons. The Balaban J connectivity index is 2.58. The van der Waals surface area contributed by atoms with Crippen molar-refractivity contribution in [3.05, 3.63) is 46.9 Å². The number of aromatic nitrogens is 2. The molecule has 1 heterocycles. The first kappa shape index (κ1) is 14.7. The number of rotatable bonds is 3. The Kier molecular flexibility index (Phi) is 3.96. The fraction of sp³-hybridized carbons (Fsp3) is 0.286. The van der Waals surface area contributed by atoms with Crippen LogP contribution in [0.5, 0.6) is 0 Å². The SMILES string of the molecule is CSc1nc(N)c(C)c(C(C)(O)c2ccc(F)cc2)n1. The molecule has 0 saturated heterocycles. The van der Waals surface area contributed by atoms with E-state index in [2.05, 4.69) is 9.97 Å². The van der Waals surface area contributed by atoms with Crippen LogP contribution in [-0.2, 0) is 5.60 Å². The summed E-state index contributed by atoms with van der Waals surface area (Å²) in [5, 5.41) is 11.3. The summed E-state index contributed by atoms with van der Waals surface area (Å²) in [5.41, 5.74) is 6.10. The molecule has 0 aliphatic rings. The number of halogens is 1. The van der Waals surface area contributed by atoms with Crippen LogP contribution in [0.4, 0.5) is 10.2 Å². The summed E-state index contributed by atoms with van der Waals surface area (Å²) in [5.74, 6) is -0.0185. The van der Waals surface area contributed by atoms with Crippen LogP contribution in [0, 0.1) is 12.7 Å². The summed E-state index contributed by atoms with van der Waals surface area (Å²) in [4.78, 5) is 8.48. The quantitative estimate of drug-likeness (QED) is 0.672. The van der Waals surface area contributed by atoms with Gasteiger partial charge >= 0.3 is 0 Å². The van der Waals surface area contributed by atoms with E-state index in [1.807, 2.05) is 6.26 Å². The summed E-state index contributed by atoms with van der Waals surface area (Å²) in [6.07, 6.45) is 1.83. The molecule has 1 atom stereocenters. The molecule has 0 aliphatic carbocycles. The molecule has 1 unspecified atom stereocenters. The van der Waals surface area contributed by atoms with E-state index in [-0.39, 0.29) is 5.82 Å². The lowest BCUT2D eigenvalue weighted by atomic mass is 9.90. The van der Waals surface area contributed by atoms with E-state index in [1.54, 1.807) is 13.8 Å². The molecule has 3 N–H and O–H groups in total. The van der Waals surface area contributed by atoms with Crippen LogP contribution in [-0.4, -0.2) is 21.3 Å². The normalized spacial score (nSPS) is 14.1. The molecule has 1 aromatic heterocycles. The first-order chi connectivity index (χ1) is 9.36. The van der Waals surface area contributed by atoms with E-state index < -0.39 is 5.60 Å². The number of anilines is 1. The van der Waals surface area contributed by atoms with Gasteiger partial charge < -0.3 is 10.8 Å². The van der Waals surface area contributed by atoms with Gasteiger partial charge in [-0.05, 0) is 37.8 Å². The highest BCUT2D eigenvalue weighted by atomic mass is 32.2. The molecule has 0 spiro atoms. The molecule has 2 rings (SSSR count). The van der Waals surface area contributed by atoms with Gasteiger partial charge in [0.1, 0.15) is 17.2 Å². The molecule has 0 bridgehead atoms. The van der Waals surface area contributed by atoms with Gasteiger partial charge in [0.05, 0.1) is 5.69 Å². The summed E-state index contributed by atoms with van der Waals surface area (Å²) in [6.45, 7) is 3.37. The minimum Gasteiger partial charge on any atom is -0.383 e. The van der Waals surface area contributed by atoms with E-state index in [9.17, 15) is 9.50 Å². The molecule has 0 saturated carbocycles. The maximum Gasteiger partial charge on any atom is 0.189 e. The van der Waals surface area contributed by atoms with E-state index in [4.69, 9.17) is 5.73 Å². The number of aliphatic hydroxyl groups is 1. The highest BCUT2D eigenvalue weighted by Gasteiger charge is 2.30. The van der Waals surface area contributed by atoms with Crippen molar-refractivity contribution in [3.8, 4) is 0 Å². The monoisotopic (exact) mass is 293 g/mol. The Bertz CT molecular complexity index is 629. The van der Waals surface area contributed by atoms with Crippen molar-refractivity contribution < 1.29 is 9.50 Å². The Morgan fingerprint density at radius 3 is 2.40 bits per heavy atom. The Hall–Kier alpha value is -1.66. The maximum atomic E-state index is 13.0. The van der Waals surface area contributed by atoms with Crippen LogP contribution in [0.1, 0.15) is 23.7 Å². The molecular weight excluding hydrogens is 277 g/mol. The van der Waals surface area contributed by atoms with E-state index >= 15 is 0 Å². The predicted molar refractivity (Wildman–Crippen MR) is 78.0 cm³/mol. The van der Waals surface area contributed by atoms with Crippen molar-refractivity contribution in [2.45, 2.75) is 24.6 Å².